The first-order valence-electron chi connectivity index (χ1n) is 6.21. The van der Waals surface area contributed by atoms with Crippen LogP contribution in [0, 0.1) is 0 Å². The van der Waals surface area contributed by atoms with E-state index >= 15 is 0 Å². The summed E-state index contributed by atoms with van der Waals surface area (Å²) in [6.45, 7) is 1.06. The zero-order valence-corrected chi connectivity index (χ0v) is 11.3. The van der Waals surface area contributed by atoms with E-state index in [1.807, 2.05) is 0 Å². The molecule has 0 aromatic carbocycles. The van der Waals surface area contributed by atoms with E-state index in [0.717, 1.165) is 24.6 Å². The topological polar surface area (TPSA) is 46.2 Å². The van der Waals surface area contributed by atoms with E-state index in [1.54, 1.807) is 0 Å². The highest BCUT2D eigenvalue weighted by molar-refractivity contribution is 7.99. The molecular formula is C11H21NO2S2. The van der Waals surface area contributed by atoms with Crippen molar-refractivity contribution in [2.24, 2.45) is 0 Å². The van der Waals surface area contributed by atoms with Gasteiger partial charge >= 0.3 is 0 Å². The van der Waals surface area contributed by atoms with E-state index in [-0.39, 0.29) is 0 Å². The van der Waals surface area contributed by atoms with Crippen LogP contribution in [0.3, 0.4) is 0 Å². The third kappa shape index (κ3) is 3.93. The second kappa shape index (κ2) is 5.74. The summed E-state index contributed by atoms with van der Waals surface area (Å²) in [6.07, 6.45) is 5.66. The van der Waals surface area contributed by atoms with Gasteiger partial charge in [0.1, 0.15) is 9.84 Å². The van der Waals surface area contributed by atoms with Crippen molar-refractivity contribution < 1.29 is 8.42 Å². The lowest BCUT2D eigenvalue weighted by Gasteiger charge is -2.27. The van der Waals surface area contributed by atoms with E-state index < -0.39 is 9.84 Å². The fourth-order valence-electron chi connectivity index (χ4n) is 2.36. The van der Waals surface area contributed by atoms with E-state index in [1.165, 1.54) is 25.0 Å². The molecule has 0 saturated carbocycles. The van der Waals surface area contributed by atoms with Crippen LogP contribution in [-0.4, -0.2) is 43.5 Å². The van der Waals surface area contributed by atoms with Crippen molar-refractivity contribution >= 4 is 21.6 Å². The fourth-order valence-corrected chi connectivity index (χ4v) is 5.10. The molecule has 0 aliphatic carbocycles. The minimum Gasteiger partial charge on any atom is -0.313 e. The van der Waals surface area contributed by atoms with Crippen LogP contribution in [0.4, 0.5) is 0 Å². The Hall–Kier alpha value is 0.260. The average Bonchev–Trinajstić information content (AvgIpc) is 2.29. The molecule has 2 aliphatic rings. The quantitative estimate of drug-likeness (QED) is 0.837. The molecule has 2 aliphatic heterocycles. The summed E-state index contributed by atoms with van der Waals surface area (Å²) >= 11 is 2.07. The lowest BCUT2D eigenvalue weighted by atomic mass is 10.1. The number of rotatable bonds is 3. The molecule has 2 saturated heterocycles. The summed E-state index contributed by atoms with van der Waals surface area (Å²) in [5.41, 5.74) is 0. The minimum absolute atomic E-state index is 0.377. The van der Waals surface area contributed by atoms with Gasteiger partial charge in [0.25, 0.3) is 0 Å². The predicted molar refractivity (Wildman–Crippen MR) is 69.8 cm³/mol. The Kier molecular flexibility index (Phi) is 4.56. The summed E-state index contributed by atoms with van der Waals surface area (Å²) in [6, 6.07) is 0.436. The Bertz CT molecular complexity index is 296. The summed E-state index contributed by atoms with van der Waals surface area (Å²) in [4.78, 5) is 0. The molecule has 3 nitrogen and oxygen atoms in total. The molecule has 0 bridgehead atoms. The van der Waals surface area contributed by atoms with Crippen molar-refractivity contribution in [1.82, 2.24) is 5.32 Å². The highest BCUT2D eigenvalue weighted by atomic mass is 32.2. The molecule has 94 valence electrons. The molecule has 1 N–H and O–H groups in total. The second-order valence-corrected chi connectivity index (χ2v) is 8.53. The average molecular weight is 263 g/mol. The lowest BCUT2D eigenvalue weighted by Crippen LogP contribution is -2.40. The summed E-state index contributed by atoms with van der Waals surface area (Å²) in [7, 11) is -2.70. The maximum Gasteiger partial charge on any atom is 0.150 e. The van der Waals surface area contributed by atoms with E-state index in [4.69, 9.17) is 0 Å². The Balaban J connectivity index is 1.67. The Morgan fingerprint density at radius 1 is 1.12 bits per heavy atom. The zero-order valence-electron chi connectivity index (χ0n) is 9.65. The van der Waals surface area contributed by atoms with Gasteiger partial charge in [0.05, 0.1) is 11.5 Å². The van der Waals surface area contributed by atoms with Gasteiger partial charge in [-0.1, -0.05) is 6.42 Å². The number of hydrogen-bond donors (Lipinski definition) is 1. The number of sulfone groups is 1. The minimum atomic E-state index is -2.70. The van der Waals surface area contributed by atoms with E-state index in [9.17, 15) is 8.42 Å². The van der Waals surface area contributed by atoms with Crippen molar-refractivity contribution in [2.75, 3.05) is 23.8 Å². The van der Waals surface area contributed by atoms with Gasteiger partial charge in [-0.25, -0.2) is 8.42 Å². The van der Waals surface area contributed by atoms with Crippen LogP contribution in [0.2, 0.25) is 0 Å². The van der Waals surface area contributed by atoms with Crippen molar-refractivity contribution in [1.29, 1.82) is 0 Å². The molecule has 0 aromatic heterocycles. The summed E-state index contributed by atoms with van der Waals surface area (Å²) < 4.78 is 22.5. The lowest BCUT2D eigenvalue weighted by molar-refractivity contribution is 0.455. The van der Waals surface area contributed by atoms with Gasteiger partial charge in [0.15, 0.2) is 0 Å². The van der Waals surface area contributed by atoms with Crippen LogP contribution in [0.25, 0.3) is 0 Å². The summed E-state index contributed by atoms with van der Waals surface area (Å²) in [5.74, 6) is 2.05. The molecular weight excluding hydrogens is 242 g/mol. The molecule has 2 fully saturated rings. The number of thioether (sulfide) groups is 1. The molecule has 5 heteroatoms. The van der Waals surface area contributed by atoms with Crippen molar-refractivity contribution in [3.8, 4) is 0 Å². The van der Waals surface area contributed by atoms with Crippen molar-refractivity contribution in [2.45, 2.75) is 43.4 Å². The van der Waals surface area contributed by atoms with Gasteiger partial charge in [-0.3, -0.25) is 0 Å². The SMILES string of the molecule is O=S1(=O)CCC(NCC2CCCCS2)CC1. The molecule has 2 heterocycles. The molecule has 16 heavy (non-hydrogen) atoms. The molecule has 0 aromatic rings. The predicted octanol–water partition coefficient (Wildman–Crippen LogP) is 1.44. The Labute approximate surface area is 103 Å². The van der Waals surface area contributed by atoms with Gasteiger partial charge in [-0.2, -0.15) is 11.8 Å². The zero-order chi connectivity index (χ0) is 11.4. The molecule has 2 rings (SSSR count). The standard InChI is InChI=1S/C11H21NO2S2/c13-16(14)7-4-10(5-8-16)12-9-11-3-1-2-6-15-11/h10-12H,1-9H2. The van der Waals surface area contributed by atoms with Crippen molar-refractivity contribution in [3.05, 3.63) is 0 Å². The van der Waals surface area contributed by atoms with E-state index in [0.29, 0.717) is 17.5 Å². The van der Waals surface area contributed by atoms with Crippen molar-refractivity contribution in [3.63, 3.8) is 0 Å². The second-order valence-electron chi connectivity index (χ2n) is 4.82. The van der Waals surface area contributed by atoms with Crippen LogP contribution in [0.1, 0.15) is 32.1 Å². The van der Waals surface area contributed by atoms with Crippen LogP contribution in [0.15, 0.2) is 0 Å². The maximum absolute atomic E-state index is 11.3. The van der Waals surface area contributed by atoms with Crippen LogP contribution >= 0.6 is 11.8 Å². The molecule has 0 spiro atoms. The fraction of sp³-hybridized carbons (Fsp3) is 1.00. The largest absolute Gasteiger partial charge is 0.313 e. The van der Waals surface area contributed by atoms with Gasteiger partial charge in [-0.15, -0.1) is 0 Å². The molecule has 0 amide bonds. The number of hydrogen-bond acceptors (Lipinski definition) is 4. The monoisotopic (exact) mass is 263 g/mol. The van der Waals surface area contributed by atoms with Gasteiger partial charge in [-0.05, 0) is 31.4 Å². The van der Waals surface area contributed by atoms with Gasteiger partial charge in [0, 0.05) is 17.8 Å². The normalized spacial score (nSPS) is 31.4. The van der Waals surface area contributed by atoms with Gasteiger partial charge < -0.3 is 5.32 Å². The molecule has 1 unspecified atom stereocenters. The third-order valence-electron chi connectivity index (χ3n) is 3.46. The Morgan fingerprint density at radius 3 is 2.50 bits per heavy atom. The smallest absolute Gasteiger partial charge is 0.150 e. The Morgan fingerprint density at radius 2 is 1.88 bits per heavy atom. The molecule has 0 radical (unpaired) electrons. The third-order valence-corrected chi connectivity index (χ3v) is 6.58. The first-order valence-corrected chi connectivity index (χ1v) is 9.08. The van der Waals surface area contributed by atoms with Crippen LogP contribution < -0.4 is 5.32 Å². The highest BCUT2D eigenvalue weighted by Gasteiger charge is 2.24. The van der Waals surface area contributed by atoms with Crippen LogP contribution in [0.5, 0.6) is 0 Å². The highest BCUT2D eigenvalue weighted by Crippen LogP contribution is 2.24. The molecule has 1 atom stereocenters. The van der Waals surface area contributed by atoms with Gasteiger partial charge in [0.2, 0.25) is 0 Å². The number of nitrogens with one attached hydrogen (secondary N) is 1. The maximum atomic E-state index is 11.3. The first kappa shape index (κ1) is 12.7. The first-order chi connectivity index (χ1) is 7.66. The van der Waals surface area contributed by atoms with Crippen LogP contribution in [-0.2, 0) is 9.84 Å². The summed E-state index contributed by atoms with van der Waals surface area (Å²) in [5, 5.41) is 4.30. The van der Waals surface area contributed by atoms with E-state index in [2.05, 4.69) is 17.1 Å².